The van der Waals surface area contributed by atoms with Crippen LogP contribution in [0.3, 0.4) is 0 Å². The van der Waals surface area contributed by atoms with E-state index in [0.29, 0.717) is 11.7 Å². The number of benzene rings is 1. The second-order valence-electron chi connectivity index (χ2n) is 9.15. The topological polar surface area (TPSA) is 40.6 Å². The number of amides is 2. The molecule has 2 bridgehead atoms. The molecule has 5 heteroatoms. The van der Waals surface area contributed by atoms with Crippen molar-refractivity contribution in [3.05, 3.63) is 30.1 Å². The zero-order chi connectivity index (χ0) is 18.0. The van der Waals surface area contributed by atoms with E-state index in [-0.39, 0.29) is 40.9 Å². The Kier molecular flexibility index (Phi) is 3.59. The number of anilines is 1. The molecule has 2 saturated heterocycles. The second kappa shape index (κ2) is 5.37. The number of fused-ring (bicyclic) bond motifs is 2. The third-order valence-electron chi connectivity index (χ3n) is 6.06. The molecule has 2 amide bonds. The van der Waals surface area contributed by atoms with Crippen molar-refractivity contribution in [2.45, 2.75) is 58.5 Å². The third kappa shape index (κ3) is 2.78. The van der Waals surface area contributed by atoms with Gasteiger partial charge in [0, 0.05) is 12.6 Å². The maximum absolute atomic E-state index is 13.2. The fourth-order valence-electron chi connectivity index (χ4n) is 5.60. The first-order chi connectivity index (χ1) is 11.7. The van der Waals surface area contributed by atoms with Crippen LogP contribution in [-0.2, 0) is 9.59 Å². The number of rotatable bonds is 2. The van der Waals surface area contributed by atoms with Crippen LogP contribution in [0, 0.1) is 16.6 Å². The Morgan fingerprint density at radius 2 is 1.76 bits per heavy atom. The third-order valence-corrected chi connectivity index (χ3v) is 6.06. The van der Waals surface area contributed by atoms with Crippen molar-refractivity contribution < 1.29 is 14.0 Å². The van der Waals surface area contributed by atoms with Crippen LogP contribution < -0.4 is 4.90 Å². The molecule has 134 valence electrons. The van der Waals surface area contributed by atoms with E-state index in [4.69, 9.17) is 0 Å². The molecule has 4 nitrogen and oxygen atoms in total. The van der Waals surface area contributed by atoms with Crippen LogP contribution in [0.5, 0.6) is 0 Å². The monoisotopic (exact) mass is 344 g/mol. The molecule has 1 aromatic rings. The Morgan fingerprint density at radius 1 is 1.08 bits per heavy atom. The van der Waals surface area contributed by atoms with E-state index in [0.717, 1.165) is 25.8 Å². The average Bonchev–Trinajstić information content (AvgIpc) is 2.92. The Balaban J connectivity index is 1.59. The van der Waals surface area contributed by atoms with Crippen molar-refractivity contribution in [2.75, 3.05) is 11.4 Å². The lowest BCUT2D eigenvalue weighted by Crippen LogP contribution is -2.45. The normalized spacial score (nSPS) is 34.8. The molecular weight excluding hydrogens is 319 g/mol. The van der Waals surface area contributed by atoms with Gasteiger partial charge < -0.3 is 0 Å². The first kappa shape index (κ1) is 16.7. The summed E-state index contributed by atoms with van der Waals surface area (Å²) in [7, 11) is 0. The van der Waals surface area contributed by atoms with Crippen molar-refractivity contribution in [3.63, 3.8) is 0 Å². The van der Waals surface area contributed by atoms with Gasteiger partial charge in [0.25, 0.3) is 5.91 Å². The van der Waals surface area contributed by atoms with Gasteiger partial charge in [-0.3, -0.25) is 14.5 Å². The van der Waals surface area contributed by atoms with Crippen molar-refractivity contribution >= 4 is 17.5 Å². The van der Waals surface area contributed by atoms with E-state index in [9.17, 15) is 14.0 Å². The lowest BCUT2D eigenvalue weighted by molar-refractivity contribution is -0.123. The van der Waals surface area contributed by atoms with Crippen LogP contribution >= 0.6 is 0 Å². The number of hydrogen-bond acceptors (Lipinski definition) is 3. The summed E-state index contributed by atoms with van der Waals surface area (Å²) in [6, 6.07) is 5.56. The van der Waals surface area contributed by atoms with Crippen molar-refractivity contribution in [1.82, 2.24) is 4.90 Å². The Labute approximate surface area is 148 Å². The number of nitrogens with zero attached hydrogens (tertiary/aromatic N) is 2. The molecule has 0 spiro atoms. The SMILES string of the molecule is CC1(C)C[C@@H]2C[C@@](C)(CN2[C@@H]2CC(=O)N(c3ccc(F)cc3)C2=O)C1. The average molecular weight is 344 g/mol. The number of imide groups is 1. The van der Waals surface area contributed by atoms with Gasteiger partial charge in [-0.05, 0) is 54.4 Å². The fourth-order valence-corrected chi connectivity index (χ4v) is 5.60. The molecule has 0 unspecified atom stereocenters. The highest BCUT2D eigenvalue weighted by atomic mass is 19.1. The van der Waals surface area contributed by atoms with Crippen LogP contribution in [0.4, 0.5) is 10.1 Å². The van der Waals surface area contributed by atoms with Crippen molar-refractivity contribution in [3.8, 4) is 0 Å². The first-order valence-corrected chi connectivity index (χ1v) is 9.06. The van der Waals surface area contributed by atoms with E-state index in [1.807, 2.05) is 0 Å². The Morgan fingerprint density at radius 3 is 2.44 bits per heavy atom. The summed E-state index contributed by atoms with van der Waals surface area (Å²) in [6.07, 6.45) is 3.55. The molecule has 0 N–H and O–H groups in total. The summed E-state index contributed by atoms with van der Waals surface area (Å²) in [5.41, 5.74) is 0.959. The minimum atomic E-state index is -0.377. The molecule has 2 aliphatic heterocycles. The maximum atomic E-state index is 13.2. The zero-order valence-electron chi connectivity index (χ0n) is 15.1. The van der Waals surface area contributed by atoms with Crippen molar-refractivity contribution in [2.24, 2.45) is 10.8 Å². The largest absolute Gasteiger partial charge is 0.288 e. The molecule has 1 saturated carbocycles. The zero-order valence-corrected chi connectivity index (χ0v) is 15.1. The molecule has 3 atom stereocenters. The first-order valence-electron chi connectivity index (χ1n) is 9.06. The van der Waals surface area contributed by atoms with E-state index in [2.05, 4.69) is 25.7 Å². The quantitative estimate of drug-likeness (QED) is 0.773. The molecule has 0 aromatic heterocycles. The van der Waals surface area contributed by atoms with Crippen molar-refractivity contribution in [1.29, 1.82) is 0 Å². The van der Waals surface area contributed by atoms with Crippen LogP contribution in [0.15, 0.2) is 24.3 Å². The molecule has 1 aliphatic carbocycles. The minimum absolute atomic E-state index is 0.162. The summed E-state index contributed by atoms with van der Waals surface area (Å²) in [5, 5.41) is 0. The molecule has 4 rings (SSSR count). The highest BCUT2D eigenvalue weighted by molar-refractivity contribution is 6.22. The predicted octanol–water partition coefficient (Wildman–Crippen LogP) is 3.36. The standard InChI is InChI=1S/C20H25FN2O2/c1-19(2)9-15-10-20(3,11-19)12-22(15)16-8-17(24)23(18(16)25)14-6-4-13(21)5-7-14/h4-7,15-16H,8-12H2,1-3H3/t15-,16-,20-/m1/s1. The fraction of sp³-hybridized carbons (Fsp3) is 0.600. The summed E-state index contributed by atoms with van der Waals surface area (Å²) in [4.78, 5) is 29.0. The second-order valence-corrected chi connectivity index (χ2v) is 9.15. The van der Waals surface area contributed by atoms with Gasteiger partial charge in [0.05, 0.1) is 18.2 Å². The number of likely N-dealkylation sites (tertiary alicyclic amines) is 1. The van der Waals surface area contributed by atoms with Gasteiger partial charge in [0.1, 0.15) is 5.82 Å². The van der Waals surface area contributed by atoms with E-state index in [1.54, 1.807) is 0 Å². The van der Waals surface area contributed by atoms with Crippen LogP contribution in [-0.4, -0.2) is 35.3 Å². The maximum Gasteiger partial charge on any atom is 0.251 e. The predicted molar refractivity (Wildman–Crippen MR) is 93.5 cm³/mol. The van der Waals surface area contributed by atoms with E-state index in [1.165, 1.54) is 29.2 Å². The summed E-state index contributed by atoms with van der Waals surface area (Å²) in [5.74, 6) is -0.721. The lowest BCUT2D eigenvalue weighted by Gasteiger charge is -2.40. The number of hydrogen-bond donors (Lipinski definition) is 0. The number of carbonyl (C=O) groups is 2. The molecule has 3 fully saturated rings. The van der Waals surface area contributed by atoms with Gasteiger partial charge >= 0.3 is 0 Å². The Hall–Kier alpha value is -1.75. The lowest BCUT2D eigenvalue weighted by atomic mass is 9.65. The van der Waals surface area contributed by atoms with Gasteiger partial charge in [-0.25, -0.2) is 9.29 Å². The summed E-state index contributed by atoms with van der Waals surface area (Å²) >= 11 is 0. The summed E-state index contributed by atoms with van der Waals surface area (Å²) in [6.45, 7) is 7.78. The molecule has 1 aromatic carbocycles. The van der Waals surface area contributed by atoms with Crippen LogP contribution in [0.25, 0.3) is 0 Å². The highest BCUT2D eigenvalue weighted by Gasteiger charge is 2.54. The van der Waals surface area contributed by atoms with Gasteiger partial charge in [-0.1, -0.05) is 20.8 Å². The van der Waals surface area contributed by atoms with E-state index >= 15 is 0 Å². The number of carbonyl (C=O) groups excluding carboxylic acids is 2. The molecule has 0 radical (unpaired) electrons. The number of halogens is 1. The van der Waals surface area contributed by atoms with Gasteiger partial charge in [0.15, 0.2) is 0 Å². The molecule has 3 aliphatic rings. The van der Waals surface area contributed by atoms with Gasteiger partial charge in [0.2, 0.25) is 5.91 Å². The van der Waals surface area contributed by atoms with Gasteiger partial charge in [-0.15, -0.1) is 0 Å². The Bertz CT molecular complexity index is 730. The molecule has 2 heterocycles. The molecular formula is C20H25FN2O2. The summed E-state index contributed by atoms with van der Waals surface area (Å²) < 4.78 is 13.2. The van der Waals surface area contributed by atoms with Crippen LogP contribution in [0.2, 0.25) is 0 Å². The molecule has 25 heavy (non-hydrogen) atoms. The smallest absolute Gasteiger partial charge is 0.251 e. The highest BCUT2D eigenvalue weighted by Crippen LogP contribution is 2.53. The van der Waals surface area contributed by atoms with Crippen LogP contribution in [0.1, 0.15) is 46.5 Å². The van der Waals surface area contributed by atoms with E-state index < -0.39 is 0 Å². The minimum Gasteiger partial charge on any atom is -0.288 e. The van der Waals surface area contributed by atoms with Gasteiger partial charge in [-0.2, -0.15) is 0 Å².